The molecule has 9 heteroatoms. The molecule has 1 aromatic heterocycles. The number of aryl methyl sites for hydroxylation is 1. The zero-order valence-corrected chi connectivity index (χ0v) is 21.4. The second-order valence-electron chi connectivity index (χ2n) is 10.6. The smallest absolute Gasteiger partial charge is 0.309 e. The third-order valence-electron chi connectivity index (χ3n) is 7.47. The van der Waals surface area contributed by atoms with E-state index >= 15 is 0 Å². The summed E-state index contributed by atoms with van der Waals surface area (Å²) < 4.78 is 0. The Morgan fingerprint density at radius 2 is 1.88 bits per heavy atom. The van der Waals surface area contributed by atoms with E-state index in [4.69, 9.17) is 11.6 Å². The highest BCUT2D eigenvalue weighted by Crippen LogP contribution is 2.56. The number of aromatic amines is 1. The average molecular weight is 474 g/mol. The summed E-state index contributed by atoms with van der Waals surface area (Å²) in [5, 5.41) is 13.9. The summed E-state index contributed by atoms with van der Waals surface area (Å²) in [6.45, 7) is 13.0. The van der Waals surface area contributed by atoms with E-state index in [9.17, 15) is 9.59 Å². The SMILES string of the molecule is Cc1ccc(Cl)cc1NC(=O)N1Cc2c(NC(=O)C3([Si](C)(C)C)CCC3)n[nH]c2C1(C)C. The Bertz CT molecular complexity index is 1080. The monoisotopic (exact) mass is 473 g/mol. The maximum Gasteiger partial charge on any atom is 0.322 e. The minimum absolute atomic E-state index is 0.0764. The van der Waals surface area contributed by atoms with Gasteiger partial charge in [-0.05, 0) is 51.3 Å². The Labute approximate surface area is 195 Å². The molecule has 3 N–H and O–H groups in total. The van der Waals surface area contributed by atoms with E-state index in [-0.39, 0.29) is 17.0 Å². The van der Waals surface area contributed by atoms with Gasteiger partial charge in [0.2, 0.25) is 5.91 Å². The molecule has 2 heterocycles. The van der Waals surface area contributed by atoms with Gasteiger partial charge in [-0.1, -0.05) is 43.7 Å². The quantitative estimate of drug-likeness (QED) is 0.486. The number of anilines is 2. The van der Waals surface area contributed by atoms with Gasteiger partial charge < -0.3 is 15.5 Å². The molecule has 0 spiro atoms. The van der Waals surface area contributed by atoms with Crippen molar-refractivity contribution < 1.29 is 9.59 Å². The maximum absolute atomic E-state index is 13.3. The molecule has 1 saturated carbocycles. The van der Waals surface area contributed by atoms with Crippen LogP contribution in [0.3, 0.4) is 0 Å². The van der Waals surface area contributed by atoms with Gasteiger partial charge in [-0.3, -0.25) is 9.89 Å². The highest BCUT2D eigenvalue weighted by molar-refractivity contribution is 6.83. The zero-order chi connectivity index (χ0) is 23.5. The number of amides is 3. The van der Waals surface area contributed by atoms with Crippen molar-refractivity contribution in [3.8, 4) is 0 Å². The maximum atomic E-state index is 13.3. The van der Waals surface area contributed by atoms with Gasteiger partial charge in [0, 0.05) is 21.3 Å². The van der Waals surface area contributed by atoms with Gasteiger partial charge in [0.25, 0.3) is 0 Å². The first-order chi connectivity index (χ1) is 14.9. The molecule has 4 rings (SSSR count). The lowest BCUT2D eigenvalue weighted by molar-refractivity contribution is -0.121. The third kappa shape index (κ3) is 3.53. The van der Waals surface area contributed by atoms with Crippen LogP contribution in [-0.4, -0.2) is 35.1 Å². The number of hydrogen-bond donors (Lipinski definition) is 3. The summed E-state index contributed by atoms with van der Waals surface area (Å²) in [7, 11) is -1.69. The largest absolute Gasteiger partial charge is 0.322 e. The number of aromatic nitrogens is 2. The van der Waals surface area contributed by atoms with E-state index in [1.807, 2.05) is 26.8 Å². The summed E-state index contributed by atoms with van der Waals surface area (Å²) >= 11 is 6.11. The highest BCUT2D eigenvalue weighted by atomic mass is 35.5. The van der Waals surface area contributed by atoms with Gasteiger partial charge in [-0.2, -0.15) is 5.10 Å². The molecule has 2 aromatic rings. The van der Waals surface area contributed by atoms with Crippen LogP contribution in [0.4, 0.5) is 16.3 Å². The van der Waals surface area contributed by atoms with Gasteiger partial charge >= 0.3 is 6.03 Å². The number of nitrogens with one attached hydrogen (secondary N) is 3. The normalized spacial score (nSPS) is 18.7. The van der Waals surface area contributed by atoms with Crippen molar-refractivity contribution in [2.75, 3.05) is 10.6 Å². The Kier molecular flexibility index (Phi) is 5.45. The van der Waals surface area contributed by atoms with Crippen LogP contribution in [0, 0.1) is 6.92 Å². The van der Waals surface area contributed by atoms with E-state index in [0.717, 1.165) is 36.1 Å². The lowest BCUT2D eigenvalue weighted by Gasteiger charge is -2.48. The molecule has 0 bridgehead atoms. The number of hydrogen-bond acceptors (Lipinski definition) is 3. The van der Waals surface area contributed by atoms with E-state index in [2.05, 4.69) is 40.5 Å². The van der Waals surface area contributed by atoms with Crippen LogP contribution in [0.2, 0.25) is 29.7 Å². The molecule has 172 valence electrons. The summed E-state index contributed by atoms with van der Waals surface area (Å²) in [5.41, 5.74) is 2.73. The molecule has 2 aliphatic rings. The number of rotatable bonds is 4. The molecule has 1 aromatic carbocycles. The van der Waals surface area contributed by atoms with Crippen molar-refractivity contribution in [3.63, 3.8) is 0 Å². The van der Waals surface area contributed by atoms with Crippen LogP contribution in [0.15, 0.2) is 18.2 Å². The Balaban J connectivity index is 1.55. The van der Waals surface area contributed by atoms with Gasteiger partial charge in [-0.15, -0.1) is 0 Å². The van der Waals surface area contributed by atoms with E-state index in [1.54, 1.807) is 17.0 Å². The van der Waals surface area contributed by atoms with Crippen LogP contribution in [0.5, 0.6) is 0 Å². The fourth-order valence-corrected chi connectivity index (χ4v) is 7.70. The molecular formula is C23H32ClN5O2Si. The lowest BCUT2D eigenvalue weighted by Crippen LogP contribution is -2.52. The summed E-state index contributed by atoms with van der Waals surface area (Å²) in [5.74, 6) is 0.615. The fraction of sp³-hybridized carbons (Fsp3) is 0.522. The molecule has 3 amide bonds. The van der Waals surface area contributed by atoms with E-state index in [0.29, 0.717) is 23.1 Å². The summed E-state index contributed by atoms with van der Waals surface area (Å²) in [6, 6.07) is 5.20. The van der Waals surface area contributed by atoms with Crippen molar-refractivity contribution >= 4 is 43.1 Å². The van der Waals surface area contributed by atoms with E-state index < -0.39 is 13.6 Å². The number of H-pyrrole nitrogens is 1. The number of fused-ring (bicyclic) bond motifs is 1. The number of carbonyl (C=O) groups excluding carboxylic acids is 2. The molecule has 7 nitrogen and oxygen atoms in total. The highest BCUT2D eigenvalue weighted by Gasteiger charge is 2.54. The first-order valence-corrected chi connectivity index (χ1v) is 15.0. The van der Waals surface area contributed by atoms with Crippen molar-refractivity contribution in [1.29, 1.82) is 0 Å². The van der Waals surface area contributed by atoms with Crippen molar-refractivity contribution in [3.05, 3.63) is 40.0 Å². The molecule has 1 aliphatic heterocycles. The number of halogens is 1. The van der Waals surface area contributed by atoms with Crippen LogP contribution >= 0.6 is 11.6 Å². The number of urea groups is 1. The zero-order valence-electron chi connectivity index (χ0n) is 19.6. The molecular weight excluding hydrogens is 442 g/mol. The molecule has 0 atom stereocenters. The minimum atomic E-state index is -1.69. The van der Waals surface area contributed by atoms with E-state index in [1.165, 1.54) is 0 Å². The topological polar surface area (TPSA) is 90.1 Å². The Morgan fingerprint density at radius 3 is 2.47 bits per heavy atom. The molecule has 1 aliphatic carbocycles. The predicted octanol–water partition coefficient (Wildman–Crippen LogP) is 5.86. The Hall–Kier alpha value is -2.32. The number of benzene rings is 1. The standard InChI is InChI=1S/C23H32ClN5O2Si/c1-14-8-9-15(24)12-17(14)25-21(31)29-13-16-18(22(29,2)3)27-28-19(16)26-20(30)23(10-7-11-23)32(4,5)6/h8-9,12H,7,10-11,13H2,1-6H3,(H,25,31)(H2,26,27,28,30). The molecule has 0 saturated heterocycles. The molecule has 32 heavy (non-hydrogen) atoms. The Morgan fingerprint density at radius 1 is 1.19 bits per heavy atom. The second kappa shape index (κ2) is 7.62. The van der Waals surface area contributed by atoms with Crippen LogP contribution in [0.1, 0.15) is 49.9 Å². The first kappa shape index (κ1) is 22.9. The average Bonchev–Trinajstić information content (AvgIpc) is 3.14. The first-order valence-electron chi connectivity index (χ1n) is 11.1. The third-order valence-corrected chi connectivity index (χ3v) is 11.3. The van der Waals surface area contributed by atoms with Gasteiger partial charge in [-0.25, -0.2) is 4.79 Å². The van der Waals surface area contributed by atoms with Crippen molar-refractivity contribution in [2.24, 2.45) is 0 Å². The van der Waals surface area contributed by atoms with Crippen LogP contribution in [0.25, 0.3) is 0 Å². The minimum Gasteiger partial charge on any atom is -0.309 e. The van der Waals surface area contributed by atoms with Crippen LogP contribution in [-0.2, 0) is 16.9 Å². The van der Waals surface area contributed by atoms with Gasteiger partial charge in [0.1, 0.15) is 0 Å². The molecule has 0 unspecified atom stereocenters. The predicted molar refractivity (Wildman–Crippen MR) is 131 cm³/mol. The van der Waals surface area contributed by atoms with Gasteiger partial charge in [0.05, 0.1) is 25.9 Å². The van der Waals surface area contributed by atoms with Crippen molar-refractivity contribution in [1.82, 2.24) is 15.1 Å². The summed E-state index contributed by atoms with van der Waals surface area (Å²) in [6.07, 6.45) is 2.99. The van der Waals surface area contributed by atoms with Gasteiger partial charge in [0.15, 0.2) is 5.82 Å². The fourth-order valence-electron chi connectivity index (χ4n) is 4.93. The van der Waals surface area contributed by atoms with Crippen molar-refractivity contribution in [2.45, 2.75) is 76.8 Å². The lowest BCUT2D eigenvalue weighted by atomic mass is 9.83. The summed E-state index contributed by atoms with van der Waals surface area (Å²) in [4.78, 5) is 28.3. The molecule has 1 fully saturated rings. The number of nitrogens with zero attached hydrogens (tertiary/aromatic N) is 2. The second-order valence-corrected chi connectivity index (χ2v) is 16.5. The van der Waals surface area contributed by atoms with Crippen LogP contribution < -0.4 is 10.6 Å². The number of carbonyl (C=O) groups is 2. The molecule has 0 radical (unpaired) electrons.